The lowest BCUT2D eigenvalue weighted by Crippen LogP contribution is -2.63. The zero-order valence-corrected chi connectivity index (χ0v) is 16.6. The maximum atomic E-state index is 11.4. The largest absolute Gasteiger partial charge is 0.467 e. The van der Waals surface area contributed by atoms with E-state index in [1.807, 2.05) is 0 Å². The van der Waals surface area contributed by atoms with Gasteiger partial charge in [0, 0.05) is 0 Å². The lowest BCUT2D eigenvalue weighted by molar-refractivity contribution is -0.280. The zero-order chi connectivity index (χ0) is 21.3. The fraction of sp³-hybridized carbons (Fsp3) is 0.941. The molecule has 0 aromatic carbocycles. The number of ether oxygens (including phenoxy) is 7. The monoisotopic (exact) mass is 422 g/mol. The second kappa shape index (κ2) is 9.06. The molecule has 6 N–H and O–H groups in total. The first kappa shape index (κ1) is 22.7. The first-order chi connectivity index (χ1) is 13.7. The molecule has 0 spiro atoms. The van der Waals surface area contributed by atoms with E-state index in [0.717, 1.165) is 0 Å². The summed E-state index contributed by atoms with van der Waals surface area (Å²) in [5.41, 5.74) is 12.1. The molecule has 0 amide bonds. The van der Waals surface area contributed by atoms with E-state index >= 15 is 0 Å². The van der Waals surface area contributed by atoms with Crippen molar-refractivity contribution in [2.24, 2.45) is 11.5 Å². The lowest BCUT2D eigenvalue weighted by atomic mass is 9.97. The number of hydrogen-bond acceptors (Lipinski definition) is 12. The van der Waals surface area contributed by atoms with Gasteiger partial charge in [-0.05, 0) is 13.8 Å². The number of aliphatic hydroxyl groups is 2. The molecule has 9 atom stereocenters. The number of methoxy groups -OCH3 is 1. The molecule has 3 aliphatic rings. The van der Waals surface area contributed by atoms with Gasteiger partial charge in [-0.15, -0.1) is 0 Å². The summed E-state index contributed by atoms with van der Waals surface area (Å²) in [5.74, 6) is -1.42. The number of carbonyl (C=O) groups is 1. The van der Waals surface area contributed by atoms with Crippen molar-refractivity contribution < 1.29 is 48.2 Å². The second-order valence-corrected chi connectivity index (χ2v) is 7.68. The smallest absolute Gasteiger partial charge is 0.331 e. The Morgan fingerprint density at radius 1 is 1.10 bits per heavy atom. The molecule has 0 saturated carbocycles. The van der Waals surface area contributed by atoms with E-state index in [-0.39, 0.29) is 6.61 Å². The van der Waals surface area contributed by atoms with Crippen LogP contribution < -0.4 is 11.5 Å². The Kier molecular flexibility index (Phi) is 7.10. The minimum atomic E-state index is -1.26. The van der Waals surface area contributed by atoms with Crippen LogP contribution in [0, 0.1) is 0 Å². The maximum Gasteiger partial charge on any atom is 0.331 e. The molecule has 0 aromatic rings. The normalized spacial score (nSPS) is 43.9. The van der Waals surface area contributed by atoms with Crippen LogP contribution in [0.2, 0.25) is 0 Å². The Bertz CT molecular complexity index is 578. The van der Waals surface area contributed by atoms with E-state index in [0.29, 0.717) is 0 Å². The number of fused-ring (bicyclic) bond motifs is 1. The molecular weight excluding hydrogens is 392 g/mol. The van der Waals surface area contributed by atoms with Crippen LogP contribution in [0.15, 0.2) is 0 Å². The highest BCUT2D eigenvalue weighted by Gasteiger charge is 2.54. The van der Waals surface area contributed by atoms with Gasteiger partial charge in [-0.2, -0.15) is 0 Å². The van der Waals surface area contributed by atoms with E-state index in [1.54, 1.807) is 13.8 Å². The van der Waals surface area contributed by atoms with Crippen LogP contribution in [0.5, 0.6) is 0 Å². The highest BCUT2D eigenvalue weighted by atomic mass is 16.8. The third-order valence-corrected chi connectivity index (χ3v) is 5.13. The predicted octanol–water partition coefficient (Wildman–Crippen LogP) is -2.83. The summed E-state index contributed by atoms with van der Waals surface area (Å²) in [6.45, 7) is 2.68. The molecule has 3 saturated heterocycles. The number of nitrogens with two attached hydrogens (primary N) is 2. The van der Waals surface area contributed by atoms with Crippen LogP contribution >= 0.6 is 0 Å². The number of hydrogen-bond donors (Lipinski definition) is 4. The average Bonchev–Trinajstić information content (AvgIpc) is 3.14. The number of rotatable bonds is 7. The Balaban J connectivity index is 1.61. The molecule has 168 valence electrons. The summed E-state index contributed by atoms with van der Waals surface area (Å²) in [4.78, 5) is 11.4. The molecule has 0 aliphatic carbocycles. The van der Waals surface area contributed by atoms with Crippen molar-refractivity contribution in [3.63, 3.8) is 0 Å². The fourth-order valence-electron chi connectivity index (χ4n) is 3.71. The van der Waals surface area contributed by atoms with E-state index in [4.69, 9.17) is 39.9 Å². The summed E-state index contributed by atoms with van der Waals surface area (Å²) >= 11 is 0. The van der Waals surface area contributed by atoms with Crippen LogP contribution in [0.4, 0.5) is 0 Å². The quantitative estimate of drug-likeness (QED) is 0.310. The molecule has 0 bridgehead atoms. The van der Waals surface area contributed by atoms with Crippen molar-refractivity contribution in [2.45, 2.75) is 74.8 Å². The van der Waals surface area contributed by atoms with E-state index in [1.165, 1.54) is 7.11 Å². The number of carbonyl (C=O) groups excluding carboxylic acids is 1. The summed E-state index contributed by atoms with van der Waals surface area (Å²) in [6.07, 6.45) is -6.37. The average molecular weight is 422 g/mol. The van der Waals surface area contributed by atoms with Crippen molar-refractivity contribution >= 4 is 5.97 Å². The first-order valence-corrected chi connectivity index (χ1v) is 9.43. The van der Waals surface area contributed by atoms with Crippen molar-refractivity contribution in [1.29, 1.82) is 0 Å². The van der Waals surface area contributed by atoms with Gasteiger partial charge in [-0.3, -0.25) is 0 Å². The fourth-order valence-corrected chi connectivity index (χ4v) is 3.71. The van der Waals surface area contributed by atoms with Gasteiger partial charge in [0.2, 0.25) is 0 Å². The number of esters is 1. The molecule has 12 heteroatoms. The molecule has 12 nitrogen and oxygen atoms in total. The first-order valence-electron chi connectivity index (χ1n) is 9.43. The molecular formula is C17H30N2O10. The van der Waals surface area contributed by atoms with Crippen LogP contribution in [0.1, 0.15) is 13.8 Å². The maximum absolute atomic E-state index is 11.4. The minimum Gasteiger partial charge on any atom is -0.467 e. The van der Waals surface area contributed by atoms with Crippen molar-refractivity contribution in [3.8, 4) is 0 Å². The van der Waals surface area contributed by atoms with Crippen molar-refractivity contribution in [3.05, 3.63) is 0 Å². The van der Waals surface area contributed by atoms with Crippen LogP contribution in [0.25, 0.3) is 0 Å². The van der Waals surface area contributed by atoms with E-state index < -0.39 is 80.2 Å². The van der Waals surface area contributed by atoms with Crippen LogP contribution in [-0.4, -0.2) is 104 Å². The number of aliphatic hydroxyl groups excluding tert-OH is 2. The summed E-state index contributed by atoms with van der Waals surface area (Å²) in [6, 6.07) is -0.944. The Morgan fingerprint density at radius 3 is 2.45 bits per heavy atom. The van der Waals surface area contributed by atoms with E-state index in [2.05, 4.69) is 4.74 Å². The van der Waals surface area contributed by atoms with E-state index in [9.17, 15) is 15.0 Å². The van der Waals surface area contributed by atoms with Crippen LogP contribution in [0.3, 0.4) is 0 Å². The SMILES string of the molecule is COC(=O)CO[C@@H]1C(N)[C@H](OC[C@H]2OC(N)C3OC(C)(C)O[C@@H]32)OC(CO)[C@H]1O. The minimum absolute atomic E-state index is 0.0185. The molecule has 3 rings (SSSR count). The molecule has 3 aliphatic heterocycles. The van der Waals surface area contributed by atoms with Gasteiger partial charge in [-0.1, -0.05) is 0 Å². The van der Waals surface area contributed by atoms with Gasteiger partial charge in [-0.25, -0.2) is 4.79 Å². The standard InChI is InChI=1S/C17H30N2O10/c1-17(2)28-12-8(26-15(19)14(12)29-17)5-25-16-10(18)13(24-6-9(21)23-3)11(22)7(4-20)27-16/h7-8,10-16,20,22H,4-6,18-19H2,1-3H3/t7?,8-,10?,11-,12-,13-,14?,15?,16-/m1/s1. The van der Waals surface area contributed by atoms with Gasteiger partial charge in [0.1, 0.15) is 49.5 Å². The van der Waals surface area contributed by atoms with Gasteiger partial charge in [0.15, 0.2) is 12.1 Å². The Hall–Kier alpha value is -0.930. The predicted molar refractivity (Wildman–Crippen MR) is 94.1 cm³/mol. The third-order valence-electron chi connectivity index (χ3n) is 5.13. The summed E-state index contributed by atoms with van der Waals surface area (Å²) in [5, 5.41) is 19.8. The molecule has 3 fully saturated rings. The van der Waals surface area contributed by atoms with Crippen molar-refractivity contribution in [2.75, 3.05) is 26.9 Å². The zero-order valence-electron chi connectivity index (χ0n) is 16.6. The Labute approximate surface area is 168 Å². The van der Waals surface area contributed by atoms with Gasteiger partial charge in [0.05, 0.1) is 26.4 Å². The molecule has 29 heavy (non-hydrogen) atoms. The van der Waals surface area contributed by atoms with Gasteiger partial charge >= 0.3 is 5.97 Å². The Morgan fingerprint density at radius 2 is 1.79 bits per heavy atom. The molecule has 3 heterocycles. The third kappa shape index (κ3) is 4.88. The summed E-state index contributed by atoms with van der Waals surface area (Å²) in [7, 11) is 1.21. The molecule has 0 radical (unpaired) electrons. The van der Waals surface area contributed by atoms with Crippen molar-refractivity contribution in [1.82, 2.24) is 0 Å². The van der Waals surface area contributed by atoms with Gasteiger partial charge in [0.25, 0.3) is 0 Å². The highest BCUT2D eigenvalue weighted by Crippen LogP contribution is 2.37. The van der Waals surface area contributed by atoms with Gasteiger partial charge < -0.3 is 54.8 Å². The topological polar surface area (TPSA) is 174 Å². The molecule has 4 unspecified atom stereocenters. The second-order valence-electron chi connectivity index (χ2n) is 7.68. The molecule has 0 aromatic heterocycles. The summed E-state index contributed by atoms with van der Waals surface area (Å²) < 4.78 is 38.5. The highest BCUT2D eigenvalue weighted by molar-refractivity contribution is 5.70. The van der Waals surface area contributed by atoms with Crippen LogP contribution in [-0.2, 0) is 38.0 Å². The lowest BCUT2D eigenvalue weighted by Gasteiger charge is -2.42.